The third-order valence-electron chi connectivity index (χ3n) is 5.09. The van der Waals surface area contributed by atoms with Gasteiger partial charge in [0.2, 0.25) is 10.0 Å². The Morgan fingerprint density at radius 2 is 1.72 bits per heavy atom. The van der Waals surface area contributed by atoms with Crippen LogP contribution < -0.4 is 14.8 Å². The minimum Gasteiger partial charge on any atom is -0.487 e. The number of sulfonamides is 1. The molecule has 0 bridgehead atoms. The Labute approximate surface area is 227 Å². The van der Waals surface area contributed by atoms with Crippen LogP contribution in [0.3, 0.4) is 0 Å². The highest BCUT2D eigenvalue weighted by Crippen LogP contribution is 2.33. The molecule has 2 aromatic carbocycles. The van der Waals surface area contributed by atoms with Gasteiger partial charge in [0.25, 0.3) is 5.91 Å². The lowest BCUT2D eigenvalue weighted by atomic mass is 10.2. The fourth-order valence-electron chi connectivity index (χ4n) is 3.47. The SMILES string of the molecule is CS(=O)(=O)Nc1cccc(NC(=O)c2cc(-c3ncc(F)cc3OCc3cc(F)cc(S(C)(=O)=O)c3)cs2)c1. The largest absolute Gasteiger partial charge is 0.487 e. The number of carbonyl (C=O) groups excluding carboxylic acids is 1. The van der Waals surface area contributed by atoms with Gasteiger partial charge in [0.15, 0.2) is 9.84 Å². The van der Waals surface area contributed by atoms with Gasteiger partial charge in [-0.15, -0.1) is 11.3 Å². The highest BCUT2D eigenvalue weighted by molar-refractivity contribution is 7.92. The molecule has 0 spiro atoms. The summed E-state index contributed by atoms with van der Waals surface area (Å²) in [4.78, 5) is 17.0. The predicted octanol–water partition coefficient (Wildman–Crippen LogP) is 4.69. The highest BCUT2D eigenvalue weighted by Gasteiger charge is 2.17. The summed E-state index contributed by atoms with van der Waals surface area (Å²) in [5.74, 6) is -1.93. The van der Waals surface area contributed by atoms with Crippen molar-refractivity contribution >= 4 is 48.5 Å². The number of carbonyl (C=O) groups is 1. The number of benzene rings is 2. The molecule has 204 valence electrons. The lowest BCUT2D eigenvalue weighted by Gasteiger charge is -2.11. The van der Waals surface area contributed by atoms with Crippen LogP contribution >= 0.6 is 11.3 Å². The normalized spacial score (nSPS) is 11.7. The van der Waals surface area contributed by atoms with Crippen molar-refractivity contribution in [3.63, 3.8) is 0 Å². The second-order valence-corrected chi connectivity index (χ2v) is 13.1. The topological polar surface area (TPSA) is 132 Å². The minimum atomic E-state index is -3.66. The summed E-state index contributed by atoms with van der Waals surface area (Å²) in [5.41, 5.74) is 1.51. The fourth-order valence-corrected chi connectivity index (χ4v) is 5.51. The number of pyridine rings is 1. The number of amides is 1. The summed E-state index contributed by atoms with van der Waals surface area (Å²) in [6.45, 7) is -0.270. The van der Waals surface area contributed by atoms with Crippen LogP contribution in [0.15, 0.2) is 71.1 Å². The maximum Gasteiger partial charge on any atom is 0.265 e. The van der Waals surface area contributed by atoms with Crippen molar-refractivity contribution in [1.82, 2.24) is 4.98 Å². The van der Waals surface area contributed by atoms with Crippen molar-refractivity contribution in [2.45, 2.75) is 11.5 Å². The van der Waals surface area contributed by atoms with Gasteiger partial charge in [0.05, 0.1) is 27.9 Å². The van der Waals surface area contributed by atoms with Crippen molar-refractivity contribution in [2.24, 2.45) is 0 Å². The number of nitrogens with zero attached hydrogens (tertiary/aromatic N) is 1. The molecule has 0 radical (unpaired) electrons. The number of anilines is 2. The van der Waals surface area contributed by atoms with Gasteiger partial charge in [-0.3, -0.25) is 9.52 Å². The van der Waals surface area contributed by atoms with Gasteiger partial charge < -0.3 is 10.1 Å². The first kappa shape index (κ1) is 28.1. The van der Waals surface area contributed by atoms with Crippen LogP contribution in [-0.2, 0) is 26.5 Å². The summed E-state index contributed by atoms with van der Waals surface area (Å²) in [5, 5.41) is 4.30. The number of hydrogen-bond acceptors (Lipinski definition) is 8. The molecule has 9 nitrogen and oxygen atoms in total. The first-order valence-corrected chi connectivity index (χ1v) is 15.7. The molecule has 39 heavy (non-hydrogen) atoms. The van der Waals surface area contributed by atoms with E-state index >= 15 is 0 Å². The summed E-state index contributed by atoms with van der Waals surface area (Å²) in [6, 6.07) is 12.0. The second-order valence-electron chi connectivity index (χ2n) is 8.47. The molecule has 14 heteroatoms. The highest BCUT2D eigenvalue weighted by atomic mass is 32.2. The molecule has 0 fully saturated rings. The quantitative estimate of drug-likeness (QED) is 0.288. The lowest BCUT2D eigenvalue weighted by molar-refractivity contribution is 0.103. The van der Waals surface area contributed by atoms with Crippen LogP contribution in [0.1, 0.15) is 15.2 Å². The first-order chi connectivity index (χ1) is 18.3. The van der Waals surface area contributed by atoms with E-state index in [4.69, 9.17) is 4.74 Å². The van der Waals surface area contributed by atoms with Gasteiger partial charge in [0, 0.05) is 29.0 Å². The molecule has 0 aliphatic rings. The number of sulfone groups is 1. The molecule has 0 saturated heterocycles. The van der Waals surface area contributed by atoms with Crippen LogP contribution in [0.2, 0.25) is 0 Å². The Hall–Kier alpha value is -3.88. The van der Waals surface area contributed by atoms with E-state index in [0.717, 1.165) is 48.2 Å². The van der Waals surface area contributed by atoms with Gasteiger partial charge in [-0.25, -0.2) is 30.6 Å². The molecule has 2 N–H and O–H groups in total. The van der Waals surface area contributed by atoms with Gasteiger partial charge in [-0.2, -0.15) is 0 Å². The van der Waals surface area contributed by atoms with Crippen LogP contribution in [0.5, 0.6) is 5.75 Å². The Bertz CT molecular complexity index is 1770. The average molecular weight is 594 g/mol. The van der Waals surface area contributed by atoms with Gasteiger partial charge in [-0.05, 0) is 48.0 Å². The van der Waals surface area contributed by atoms with E-state index < -0.39 is 37.4 Å². The Kier molecular flexibility index (Phi) is 7.99. The molecule has 4 aromatic rings. The summed E-state index contributed by atoms with van der Waals surface area (Å²) < 4.78 is 82.5. The van der Waals surface area contributed by atoms with Crippen LogP contribution in [0, 0.1) is 11.6 Å². The average Bonchev–Trinajstić information content (AvgIpc) is 3.31. The molecule has 2 aromatic heterocycles. The van der Waals surface area contributed by atoms with Crippen LogP contribution in [0.4, 0.5) is 20.2 Å². The van der Waals surface area contributed by atoms with Crippen LogP contribution in [-0.4, -0.2) is 40.2 Å². The molecule has 0 aliphatic heterocycles. The van der Waals surface area contributed by atoms with Crippen molar-refractivity contribution in [3.8, 4) is 17.0 Å². The van der Waals surface area contributed by atoms with E-state index in [1.165, 1.54) is 24.3 Å². The Morgan fingerprint density at radius 3 is 2.44 bits per heavy atom. The van der Waals surface area contributed by atoms with E-state index in [9.17, 15) is 30.4 Å². The van der Waals surface area contributed by atoms with E-state index in [0.29, 0.717) is 11.3 Å². The van der Waals surface area contributed by atoms with E-state index in [-0.39, 0.29) is 39.1 Å². The van der Waals surface area contributed by atoms with Crippen molar-refractivity contribution in [3.05, 3.63) is 88.2 Å². The van der Waals surface area contributed by atoms with Gasteiger partial charge in [0.1, 0.15) is 29.7 Å². The summed E-state index contributed by atoms with van der Waals surface area (Å²) >= 11 is 1.09. The van der Waals surface area contributed by atoms with Crippen molar-refractivity contribution < 1.29 is 35.1 Å². The molecular weight excluding hydrogens is 572 g/mol. The lowest BCUT2D eigenvalue weighted by Crippen LogP contribution is -2.12. The maximum atomic E-state index is 14.0. The Morgan fingerprint density at radius 1 is 0.974 bits per heavy atom. The number of aromatic nitrogens is 1. The second kappa shape index (κ2) is 11.1. The van der Waals surface area contributed by atoms with E-state index in [2.05, 4.69) is 15.0 Å². The number of halogens is 2. The van der Waals surface area contributed by atoms with Gasteiger partial charge in [-0.1, -0.05) is 6.07 Å². The third kappa shape index (κ3) is 7.59. The molecule has 0 aliphatic carbocycles. The van der Waals surface area contributed by atoms with Gasteiger partial charge >= 0.3 is 0 Å². The standard InChI is InChI=1S/C25H21F2N3O6S3/c1-38(32,33)21-7-15(6-17(26)9-21)13-36-22-10-18(27)12-28-24(22)16-8-23(37-14-16)25(31)29-19-4-3-5-20(11-19)30-39(2,34)35/h3-12,14,30H,13H2,1-2H3,(H,29,31). The Balaban J connectivity index is 1.54. The number of rotatable bonds is 9. The monoisotopic (exact) mass is 593 g/mol. The predicted molar refractivity (Wildman–Crippen MR) is 144 cm³/mol. The van der Waals surface area contributed by atoms with E-state index in [1.54, 1.807) is 17.5 Å². The molecule has 1 amide bonds. The number of nitrogens with one attached hydrogen (secondary N) is 2. The number of thiophene rings is 1. The minimum absolute atomic E-state index is 0.00414. The first-order valence-electron chi connectivity index (χ1n) is 11.0. The van der Waals surface area contributed by atoms with E-state index in [1.807, 2.05) is 0 Å². The zero-order chi connectivity index (χ0) is 28.4. The molecule has 0 unspecified atom stereocenters. The zero-order valence-electron chi connectivity index (χ0n) is 20.4. The van der Waals surface area contributed by atoms with Crippen molar-refractivity contribution in [2.75, 3.05) is 22.6 Å². The molecular formula is C25H21F2N3O6S3. The smallest absolute Gasteiger partial charge is 0.265 e. The summed E-state index contributed by atoms with van der Waals surface area (Å²) in [7, 11) is -7.16. The number of ether oxygens (including phenoxy) is 1. The number of hydrogen-bond donors (Lipinski definition) is 2. The zero-order valence-corrected chi connectivity index (χ0v) is 22.9. The van der Waals surface area contributed by atoms with Crippen LogP contribution in [0.25, 0.3) is 11.3 Å². The maximum absolute atomic E-state index is 14.0. The molecule has 2 heterocycles. The molecule has 4 rings (SSSR count). The summed E-state index contributed by atoms with van der Waals surface area (Å²) in [6.07, 6.45) is 2.94. The molecule has 0 atom stereocenters. The fraction of sp³-hybridized carbons (Fsp3) is 0.120. The third-order valence-corrected chi connectivity index (χ3v) is 7.72. The molecule has 0 saturated carbocycles. The van der Waals surface area contributed by atoms with Crippen molar-refractivity contribution in [1.29, 1.82) is 0 Å².